The van der Waals surface area contributed by atoms with Crippen LogP contribution in [-0.4, -0.2) is 74.9 Å². The number of nitrogens with zero attached hydrogens (tertiary/aromatic N) is 4. The zero-order chi connectivity index (χ0) is 23.7. The van der Waals surface area contributed by atoms with Gasteiger partial charge in [-0.2, -0.15) is 0 Å². The first-order chi connectivity index (χ1) is 16.5. The maximum atomic E-state index is 12.5. The van der Waals surface area contributed by atoms with Gasteiger partial charge in [0.1, 0.15) is 23.9 Å². The Hall–Kier alpha value is -3.01. The molecule has 9 nitrogen and oxygen atoms in total. The Bertz CT molecular complexity index is 1140. The molecule has 180 valence electrons. The summed E-state index contributed by atoms with van der Waals surface area (Å²) in [5.74, 6) is 0.992. The van der Waals surface area contributed by atoms with E-state index in [1.807, 2.05) is 23.6 Å². The molecule has 0 spiro atoms. The lowest BCUT2D eigenvalue weighted by Gasteiger charge is -2.27. The highest BCUT2D eigenvalue weighted by Crippen LogP contribution is 2.28. The molecular formula is C25H30N4O5. The van der Waals surface area contributed by atoms with Crippen molar-refractivity contribution in [1.82, 2.24) is 14.6 Å². The Kier molecular flexibility index (Phi) is 6.49. The summed E-state index contributed by atoms with van der Waals surface area (Å²) < 4.78 is 13.3. The number of rotatable bonds is 6. The number of aliphatic hydroxyl groups is 2. The molecule has 2 aliphatic rings. The average molecular weight is 467 g/mol. The topological polar surface area (TPSA) is 109 Å². The van der Waals surface area contributed by atoms with Crippen molar-refractivity contribution in [2.24, 2.45) is 0 Å². The minimum absolute atomic E-state index is 0.266. The second-order valence-corrected chi connectivity index (χ2v) is 8.98. The fourth-order valence-corrected chi connectivity index (χ4v) is 4.83. The molecule has 2 fully saturated rings. The number of carbonyl (C=O) groups excluding carboxylic acids is 1. The average Bonchev–Trinajstić information content (AvgIpc) is 3.35. The van der Waals surface area contributed by atoms with Crippen LogP contribution in [0.25, 0.3) is 5.52 Å². The van der Waals surface area contributed by atoms with E-state index in [0.29, 0.717) is 11.4 Å². The number of piperidine rings is 1. The Labute approximate surface area is 197 Å². The van der Waals surface area contributed by atoms with Gasteiger partial charge in [-0.05, 0) is 50.5 Å². The van der Waals surface area contributed by atoms with Gasteiger partial charge in [-0.3, -0.25) is 0 Å². The lowest BCUT2D eigenvalue weighted by molar-refractivity contribution is -0.0360. The molecule has 0 amide bonds. The van der Waals surface area contributed by atoms with Crippen LogP contribution in [-0.2, 0) is 15.9 Å². The zero-order valence-corrected chi connectivity index (χ0v) is 19.2. The van der Waals surface area contributed by atoms with Crippen LogP contribution in [0.15, 0.2) is 42.5 Å². The van der Waals surface area contributed by atoms with E-state index in [1.54, 1.807) is 30.3 Å². The van der Waals surface area contributed by atoms with Gasteiger partial charge in [-0.1, -0.05) is 18.2 Å². The number of aryl methyl sites for hydroxylation is 1. The SMILES string of the molecule is Cc1nc(C[C@@H]2O[C@H](CO)[C@@H](OC(=O)c3ccccc3)[C@H]2O)n2nc(N3CCCCC3)ccc12. The molecule has 2 saturated heterocycles. The molecule has 1 aromatic carbocycles. The molecule has 0 unspecified atom stereocenters. The fourth-order valence-electron chi connectivity index (χ4n) is 4.83. The maximum Gasteiger partial charge on any atom is 0.338 e. The van der Waals surface area contributed by atoms with Crippen molar-refractivity contribution in [3.63, 3.8) is 0 Å². The smallest absolute Gasteiger partial charge is 0.338 e. The molecule has 2 aliphatic heterocycles. The fraction of sp³-hybridized carbons (Fsp3) is 0.480. The van der Waals surface area contributed by atoms with Crippen LogP contribution in [0.4, 0.5) is 5.82 Å². The van der Waals surface area contributed by atoms with Crippen LogP contribution < -0.4 is 4.90 Å². The molecule has 2 N–H and O–H groups in total. The number of aromatic nitrogens is 3. The van der Waals surface area contributed by atoms with Gasteiger partial charge >= 0.3 is 5.97 Å². The first kappa shape index (κ1) is 22.8. The number of imidazole rings is 1. The van der Waals surface area contributed by atoms with Gasteiger partial charge in [-0.15, -0.1) is 5.10 Å². The van der Waals surface area contributed by atoms with Gasteiger partial charge in [0.05, 0.1) is 29.5 Å². The molecule has 0 aliphatic carbocycles. The third-order valence-electron chi connectivity index (χ3n) is 6.66. The van der Waals surface area contributed by atoms with E-state index < -0.39 is 30.4 Å². The van der Waals surface area contributed by atoms with Crippen LogP contribution >= 0.6 is 0 Å². The lowest BCUT2D eigenvalue weighted by atomic mass is 10.1. The summed E-state index contributed by atoms with van der Waals surface area (Å²) in [4.78, 5) is 19.5. The Morgan fingerprint density at radius 2 is 1.88 bits per heavy atom. The minimum Gasteiger partial charge on any atom is -0.453 e. The Morgan fingerprint density at radius 1 is 1.12 bits per heavy atom. The summed E-state index contributed by atoms with van der Waals surface area (Å²) >= 11 is 0. The zero-order valence-electron chi connectivity index (χ0n) is 19.2. The Balaban J connectivity index is 1.36. The highest BCUT2D eigenvalue weighted by molar-refractivity contribution is 5.89. The first-order valence-corrected chi connectivity index (χ1v) is 11.9. The molecule has 4 heterocycles. The number of anilines is 1. The number of fused-ring (bicyclic) bond motifs is 1. The van der Waals surface area contributed by atoms with Crippen LogP contribution in [0, 0.1) is 6.92 Å². The molecule has 0 bridgehead atoms. The van der Waals surface area contributed by atoms with Crippen molar-refractivity contribution in [1.29, 1.82) is 0 Å². The number of hydrogen-bond acceptors (Lipinski definition) is 8. The summed E-state index contributed by atoms with van der Waals surface area (Å²) in [6.07, 6.45) is 0.213. The van der Waals surface area contributed by atoms with Crippen LogP contribution in [0.5, 0.6) is 0 Å². The number of ether oxygens (including phenoxy) is 2. The molecule has 9 heteroatoms. The van der Waals surface area contributed by atoms with Crippen molar-refractivity contribution < 1.29 is 24.5 Å². The molecule has 2 aromatic heterocycles. The van der Waals surface area contributed by atoms with Crippen molar-refractivity contribution in [2.45, 2.75) is 57.0 Å². The van der Waals surface area contributed by atoms with E-state index >= 15 is 0 Å². The largest absolute Gasteiger partial charge is 0.453 e. The van der Waals surface area contributed by atoms with E-state index in [4.69, 9.17) is 14.6 Å². The number of esters is 1. The van der Waals surface area contributed by atoms with Gasteiger partial charge < -0.3 is 24.6 Å². The van der Waals surface area contributed by atoms with E-state index in [2.05, 4.69) is 9.88 Å². The van der Waals surface area contributed by atoms with Crippen LogP contribution in [0.3, 0.4) is 0 Å². The standard InChI is InChI=1S/C25H30N4O5/c1-16-18-10-11-21(28-12-6-3-7-13-28)27-29(18)22(26-16)14-19-23(31)24(20(15-30)33-19)34-25(32)17-8-4-2-5-9-17/h2,4-5,8-11,19-20,23-24,30-31H,3,6-7,12-15H2,1H3/t19-,20+,23-,24+/m0/s1. The molecule has 0 saturated carbocycles. The molecule has 0 radical (unpaired) electrons. The normalized spacial score (nSPS) is 25.1. The second-order valence-electron chi connectivity index (χ2n) is 8.98. The molecule has 34 heavy (non-hydrogen) atoms. The Morgan fingerprint density at radius 3 is 2.62 bits per heavy atom. The highest BCUT2D eigenvalue weighted by Gasteiger charge is 2.46. The summed E-state index contributed by atoms with van der Waals surface area (Å²) in [5, 5.41) is 25.6. The monoisotopic (exact) mass is 466 g/mol. The summed E-state index contributed by atoms with van der Waals surface area (Å²) in [7, 11) is 0. The molecule has 3 aromatic rings. The predicted octanol–water partition coefficient (Wildman–Crippen LogP) is 1.92. The van der Waals surface area contributed by atoms with Crippen molar-refractivity contribution in [2.75, 3.05) is 24.6 Å². The number of carbonyl (C=O) groups is 1. The van der Waals surface area contributed by atoms with E-state index in [1.165, 1.54) is 6.42 Å². The van der Waals surface area contributed by atoms with Crippen LogP contribution in [0.2, 0.25) is 0 Å². The molecule has 4 atom stereocenters. The quantitative estimate of drug-likeness (QED) is 0.531. The number of hydrogen-bond donors (Lipinski definition) is 2. The van der Waals surface area contributed by atoms with E-state index in [-0.39, 0.29) is 13.0 Å². The maximum absolute atomic E-state index is 12.5. The van der Waals surface area contributed by atoms with Gasteiger partial charge in [-0.25, -0.2) is 14.3 Å². The van der Waals surface area contributed by atoms with E-state index in [9.17, 15) is 15.0 Å². The van der Waals surface area contributed by atoms with Crippen LogP contribution in [0.1, 0.15) is 41.1 Å². The number of aliphatic hydroxyl groups excluding tert-OH is 2. The van der Waals surface area contributed by atoms with Crippen molar-refractivity contribution in [3.05, 3.63) is 59.5 Å². The summed E-state index contributed by atoms with van der Waals surface area (Å²) in [6, 6.07) is 12.6. The third-order valence-corrected chi connectivity index (χ3v) is 6.66. The second kappa shape index (κ2) is 9.69. The van der Waals surface area contributed by atoms with Gasteiger partial charge in [0.15, 0.2) is 6.10 Å². The van der Waals surface area contributed by atoms with Gasteiger partial charge in [0.2, 0.25) is 0 Å². The predicted molar refractivity (Wildman–Crippen MR) is 125 cm³/mol. The molecular weight excluding hydrogens is 436 g/mol. The van der Waals surface area contributed by atoms with Gasteiger partial charge in [0, 0.05) is 19.5 Å². The summed E-state index contributed by atoms with van der Waals surface area (Å²) in [6.45, 7) is 3.52. The highest BCUT2D eigenvalue weighted by atomic mass is 16.6. The minimum atomic E-state index is -1.11. The van der Waals surface area contributed by atoms with Crippen molar-refractivity contribution in [3.8, 4) is 0 Å². The van der Waals surface area contributed by atoms with Gasteiger partial charge in [0.25, 0.3) is 0 Å². The first-order valence-electron chi connectivity index (χ1n) is 11.9. The number of benzene rings is 1. The summed E-state index contributed by atoms with van der Waals surface area (Å²) in [5.41, 5.74) is 2.11. The van der Waals surface area contributed by atoms with Crippen molar-refractivity contribution >= 4 is 17.3 Å². The molecule has 5 rings (SSSR count). The van der Waals surface area contributed by atoms with E-state index in [0.717, 1.165) is 43.0 Å². The third kappa shape index (κ3) is 4.38. The lowest BCUT2D eigenvalue weighted by Crippen LogP contribution is -2.39.